The monoisotopic (exact) mass is 321 g/mol. The fourth-order valence-corrected chi connectivity index (χ4v) is 1.10. The third kappa shape index (κ3) is 2.96. The van der Waals surface area contributed by atoms with Crippen LogP contribution in [0.4, 0.5) is 17.6 Å². The highest BCUT2D eigenvalue weighted by atomic mass is 127. The third-order valence-electron chi connectivity index (χ3n) is 1.29. The van der Waals surface area contributed by atoms with E-state index in [2.05, 4.69) is 9.72 Å². The van der Waals surface area contributed by atoms with E-state index in [4.69, 9.17) is 0 Å². The number of halogens is 5. The predicted molar refractivity (Wildman–Crippen MR) is 48.3 cm³/mol. The van der Waals surface area contributed by atoms with Crippen LogP contribution in [-0.2, 0) is 0 Å². The molecule has 0 spiro atoms. The van der Waals surface area contributed by atoms with E-state index >= 15 is 0 Å². The van der Waals surface area contributed by atoms with Gasteiger partial charge in [0.05, 0.1) is 0 Å². The molecule has 0 aliphatic heterocycles. The summed E-state index contributed by atoms with van der Waals surface area (Å²) in [7, 11) is 0. The Kier molecular flexibility index (Phi) is 3.17. The van der Waals surface area contributed by atoms with Gasteiger partial charge in [-0.1, -0.05) is 0 Å². The van der Waals surface area contributed by atoms with Gasteiger partial charge in [-0.05, 0) is 41.1 Å². The maximum atomic E-state index is 12.9. The van der Waals surface area contributed by atoms with Crippen LogP contribution in [0.3, 0.4) is 0 Å². The summed E-state index contributed by atoms with van der Waals surface area (Å²) in [5.41, 5.74) is 0.456. The first-order valence-corrected chi connectivity index (χ1v) is 4.46. The molecule has 0 unspecified atom stereocenters. The number of alkyl halides is 3. The molecule has 0 bridgehead atoms. The van der Waals surface area contributed by atoms with E-state index in [1.54, 1.807) is 22.6 Å². The van der Waals surface area contributed by atoms with Crippen LogP contribution in [0.1, 0.15) is 5.56 Å². The summed E-state index contributed by atoms with van der Waals surface area (Å²) in [6.45, 7) is 1.54. The molecular formula is C7H4F4INO. The van der Waals surface area contributed by atoms with Crippen molar-refractivity contribution in [2.24, 2.45) is 0 Å². The third-order valence-corrected chi connectivity index (χ3v) is 2.38. The first-order valence-electron chi connectivity index (χ1n) is 3.38. The zero-order valence-corrected chi connectivity index (χ0v) is 8.98. The van der Waals surface area contributed by atoms with E-state index in [0.29, 0.717) is 5.56 Å². The van der Waals surface area contributed by atoms with E-state index in [0.717, 1.165) is 6.07 Å². The second-order valence-corrected chi connectivity index (χ2v) is 3.45. The Bertz CT molecular complexity index is 352. The summed E-state index contributed by atoms with van der Waals surface area (Å²) in [5, 5.41) is 0. The van der Waals surface area contributed by atoms with Gasteiger partial charge in [0.25, 0.3) is 5.88 Å². The minimum atomic E-state index is -4.92. The van der Waals surface area contributed by atoms with E-state index in [9.17, 15) is 17.6 Å². The summed E-state index contributed by atoms with van der Waals surface area (Å²) < 4.78 is 51.7. The second-order valence-electron chi connectivity index (χ2n) is 2.43. The van der Waals surface area contributed by atoms with Crippen molar-refractivity contribution >= 4 is 22.6 Å². The molecule has 1 heterocycles. The maximum Gasteiger partial charge on any atom is 0.574 e. The number of aromatic nitrogens is 1. The lowest BCUT2D eigenvalue weighted by Crippen LogP contribution is -2.19. The van der Waals surface area contributed by atoms with Crippen molar-refractivity contribution < 1.29 is 22.3 Å². The van der Waals surface area contributed by atoms with Gasteiger partial charge in [0, 0.05) is 0 Å². The van der Waals surface area contributed by atoms with E-state index in [1.165, 1.54) is 6.92 Å². The summed E-state index contributed by atoms with van der Waals surface area (Å²) >= 11 is 1.69. The maximum absolute atomic E-state index is 12.9. The summed E-state index contributed by atoms with van der Waals surface area (Å²) in [5.74, 6) is -2.17. The molecule has 0 saturated heterocycles. The molecule has 14 heavy (non-hydrogen) atoms. The number of nitrogens with zero attached hydrogens (tertiary/aromatic N) is 1. The van der Waals surface area contributed by atoms with Crippen molar-refractivity contribution in [3.63, 3.8) is 0 Å². The lowest BCUT2D eigenvalue weighted by atomic mass is 10.3. The molecule has 0 N–H and O–H groups in total. The zero-order chi connectivity index (χ0) is 10.9. The molecule has 1 aromatic rings. The van der Waals surface area contributed by atoms with Crippen LogP contribution in [0.25, 0.3) is 0 Å². The Morgan fingerprint density at radius 3 is 2.50 bits per heavy atom. The van der Waals surface area contributed by atoms with Crippen molar-refractivity contribution in [1.82, 2.24) is 4.98 Å². The molecule has 0 aliphatic rings. The molecule has 0 amide bonds. The number of rotatable bonds is 1. The average Bonchev–Trinajstić information content (AvgIpc) is 1.97. The van der Waals surface area contributed by atoms with Gasteiger partial charge in [-0.25, -0.2) is 9.37 Å². The molecule has 0 atom stereocenters. The van der Waals surface area contributed by atoms with Crippen molar-refractivity contribution in [2.45, 2.75) is 13.3 Å². The van der Waals surface area contributed by atoms with Crippen LogP contribution in [0.5, 0.6) is 5.88 Å². The van der Waals surface area contributed by atoms with Crippen molar-refractivity contribution in [2.75, 3.05) is 0 Å². The lowest BCUT2D eigenvalue weighted by molar-refractivity contribution is -0.277. The highest BCUT2D eigenvalue weighted by molar-refractivity contribution is 14.1. The normalized spacial score (nSPS) is 11.6. The van der Waals surface area contributed by atoms with Gasteiger partial charge in [-0.2, -0.15) is 0 Å². The zero-order valence-electron chi connectivity index (χ0n) is 6.82. The summed E-state index contributed by atoms with van der Waals surface area (Å²) in [4.78, 5) is 3.33. The van der Waals surface area contributed by atoms with Crippen molar-refractivity contribution in [1.29, 1.82) is 0 Å². The Morgan fingerprint density at radius 2 is 2.00 bits per heavy atom. The van der Waals surface area contributed by atoms with Gasteiger partial charge in [-0.3, -0.25) is 0 Å². The molecule has 0 aromatic carbocycles. The summed E-state index contributed by atoms with van der Waals surface area (Å²) in [6.07, 6.45) is -4.92. The van der Waals surface area contributed by atoms with Crippen LogP contribution >= 0.6 is 22.6 Å². The molecular weight excluding hydrogens is 317 g/mol. The van der Waals surface area contributed by atoms with Crippen LogP contribution in [0.15, 0.2) is 6.07 Å². The molecule has 1 aromatic heterocycles. The number of hydrogen-bond acceptors (Lipinski definition) is 2. The first-order chi connectivity index (χ1) is 6.29. The van der Waals surface area contributed by atoms with Gasteiger partial charge in [-0.15, -0.1) is 13.2 Å². The largest absolute Gasteiger partial charge is 0.574 e. The van der Waals surface area contributed by atoms with Gasteiger partial charge >= 0.3 is 6.36 Å². The molecule has 0 radical (unpaired) electrons. The molecule has 2 nitrogen and oxygen atoms in total. The minimum absolute atomic E-state index is 0.267. The fourth-order valence-electron chi connectivity index (χ4n) is 0.723. The van der Waals surface area contributed by atoms with Gasteiger partial charge in [0.2, 0.25) is 0 Å². The number of hydrogen-bond donors (Lipinski definition) is 0. The Balaban J connectivity index is 3.04. The quantitative estimate of drug-likeness (QED) is 0.451. The van der Waals surface area contributed by atoms with Crippen LogP contribution < -0.4 is 4.74 Å². The van der Waals surface area contributed by atoms with Crippen LogP contribution in [0.2, 0.25) is 0 Å². The van der Waals surface area contributed by atoms with E-state index < -0.39 is 18.1 Å². The van der Waals surface area contributed by atoms with Crippen molar-refractivity contribution in [3.05, 3.63) is 21.1 Å². The van der Waals surface area contributed by atoms with E-state index in [-0.39, 0.29) is 3.70 Å². The number of pyridine rings is 1. The topological polar surface area (TPSA) is 22.1 Å². The Hall–Kier alpha value is -0.600. The molecule has 78 valence electrons. The molecule has 0 fully saturated rings. The highest BCUT2D eigenvalue weighted by Crippen LogP contribution is 2.25. The molecule has 1 rings (SSSR count). The highest BCUT2D eigenvalue weighted by Gasteiger charge is 2.33. The minimum Gasteiger partial charge on any atom is -0.385 e. The average molecular weight is 321 g/mol. The molecule has 0 saturated carbocycles. The molecule has 7 heteroatoms. The van der Waals surface area contributed by atoms with Gasteiger partial charge in [0.1, 0.15) is 3.70 Å². The Labute approximate surface area is 90.4 Å². The standard InChI is InChI=1S/C7H4F4INO/c1-3-2-4(8)6(13-5(3)12)14-7(9,10)11/h2H,1H3. The SMILES string of the molecule is Cc1cc(F)c(OC(F)(F)F)nc1I. The number of aryl methyl sites for hydroxylation is 1. The van der Waals surface area contributed by atoms with E-state index in [1.807, 2.05) is 0 Å². The number of ether oxygens (including phenoxy) is 1. The Morgan fingerprint density at radius 1 is 1.43 bits per heavy atom. The summed E-state index contributed by atoms with van der Waals surface area (Å²) in [6, 6.07) is 0.940. The smallest absolute Gasteiger partial charge is 0.385 e. The fraction of sp³-hybridized carbons (Fsp3) is 0.286. The van der Waals surface area contributed by atoms with Gasteiger partial charge in [0.15, 0.2) is 5.82 Å². The van der Waals surface area contributed by atoms with Crippen molar-refractivity contribution in [3.8, 4) is 5.88 Å². The lowest BCUT2D eigenvalue weighted by Gasteiger charge is -2.09. The second kappa shape index (κ2) is 3.87. The molecule has 0 aliphatic carbocycles. The van der Waals surface area contributed by atoms with Crippen LogP contribution in [0, 0.1) is 16.4 Å². The first kappa shape index (κ1) is 11.5. The van der Waals surface area contributed by atoms with Crippen LogP contribution in [-0.4, -0.2) is 11.3 Å². The van der Waals surface area contributed by atoms with Gasteiger partial charge < -0.3 is 4.74 Å². The predicted octanol–water partition coefficient (Wildman–Crippen LogP) is 3.03.